The van der Waals surface area contributed by atoms with Gasteiger partial charge in [-0.1, -0.05) is 19.1 Å². The van der Waals surface area contributed by atoms with Gasteiger partial charge in [-0.25, -0.2) is 25.3 Å². The fourth-order valence-corrected chi connectivity index (χ4v) is 9.96. The van der Waals surface area contributed by atoms with Crippen molar-refractivity contribution >= 4 is 29.5 Å². The molecule has 0 aliphatic carbocycles. The first-order valence-corrected chi connectivity index (χ1v) is 13.7. The number of rotatable bonds is 5. The summed E-state index contributed by atoms with van der Waals surface area (Å²) in [6.45, 7) is 1.96. The van der Waals surface area contributed by atoms with Gasteiger partial charge < -0.3 is 5.32 Å². The zero-order valence-electron chi connectivity index (χ0n) is 14.5. The highest BCUT2D eigenvalue weighted by Crippen LogP contribution is 2.27. The molecule has 2 heterocycles. The number of sulfone groups is 3. The van der Waals surface area contributed by atoms with Crippen molar-refractivity contribution in [2.45, 2.75) is 42.0 Å². The highest BCUT2D eigenvalue weighted by Gasteiger charge is 2.47. The summed E-state index contributed by atoms with van der Waals surface area (Å²) in [6.07, 6.45) is 1.15. The molecule has 2 aliphatic heterocycles. The lowest BCUT2D eigenvalue weighted by Crippen LogP contribution is -2.48. The fourth-order valence-electron chi connectivity index (χ4n) is 3.60. The molecule has 0 radical (unpaired) electrons. The molecule has 0 spiro atoms. The molecule has 2 saturated heterocycles. The summed E-state index contributed by atoms with van der Waals surface area (Å²) in [5, 5.41) is 1.89. The van der Waals surface area contributed by atoms with E-state index in [4.69, 9.17) is 0 Å². The van der Waals surface area contributed by atoms with E-state index in [1.165, 1.54) is 12.1 Å². The topological polar surface area (TPSA) is 114 Å². The lowest BCUT2D eigenvalue weighted by molar-refractivity contribution is 0.469. The van der Waals surface area contributed by atoms with Gasteiger partial charge in [0.1, 0.15) is 0 Å². The standard InChI is InChI=1S/C16H23NO6S3/c1-2-12-3-5-14(6-4-12)26(22,23)16-11-25(20,21)10-15(16)17-13-7-8-24(18,19)9-13/h3-6,13,15-17H,2,7-11H2,1H3/t13?,15-,16-/m0/s1. The zero-order valence-corrected chi connectivity index (χ0v) is 16.9. The van der Waals surface area contributed by atoms with Crippen molar-refractivity contribution in [2.75, 3.05) is 23.0 Å². The quantitative estimate of drug-likeness (QED) is 0.710. The van der Waals surface area contributed by atoms with E-state index >= 15 is 0 Å². The van der Waals surface area contributed by atoms with Gasteiger partial charge in [-0.15, -0.1) is 0 Å². The maximum absolute atomic E-state index is 13.0. The van der Waals surface area contributed by atoms with E-state index in [2.05, 4.69) is 5.32 Å². The summed E-state index contributed by atoms with van der Waals surface area (Å²) in [5.41, 5.74) is 0.994. The average molecular weight is 422 g/mol. The maximum Gasteiger partial charge on any atom is 0.183 e. The van der Waals surface area contributed by atoms with Gasteiger partial charge in [-0.2, -0.15) is 0 Å². The molecule has 0 saturated carbocycles. The molecule has 1 N–H and O–H groups in total. The Hall–Kier alpha value is -0.970. The monoisotopic (exact) mass is 421 g/mol. The molecule has 1 aromatic rings. The minimum Gasteiger partial charge on any atom is -0.308 e. The van der Waals surface area contributed by atoms with Gasteiger partial charge in [0.2, 0.25) is 0 Å². The molecule has 7 nitrogen and oxygen atoms in total. The first kappa shape index (κ1) is 19.8. The van der Waals surface area contributed by atoms with E-state index in [9.17, 15) is 25.3 Å². The van der Waals surface area contributed by atoms with Gasteiger partial charge in [0.15, 0.2) is 29.5 Å². The molecule has 0 bridgehead atoms. The van der Waals surface area contributed by atoms with Crippen LogP contribution in [0.15, 0.2) is 29.2 Å². The minimum absolute atomic E-state index is 0.0417. The third kappa shape index (κ3) is 4.13. The Morgan fingerprint density at radius 3 is 2.19 bits per heavy atom. The van der Waals surface area contributed by atoms with Crippen molar-refractivity contribution in [1.29, 1.82) is 0 Å². The predicted octanol–water partition coefficient (Wildman–Crippen LogP) is -0.0350. The van der Waals surface area contributed by atoms with E-state index in [1.54, 1.807) is 12.1 Å². The lowest BCUT2D eigenvalue weighted by atomic mass is 10.2. The SMILES string of the molecule is CCc1ccc(S(=O)(=O)[C@H]2CS(=O)(=O)C[C@@H]2NC2CCS(=O)(=O)C2)cc1. The molecule has 0 aromatic heterocycles. The van der Waals surface area contributed by atoms with Crippen LogP contribution in [0.5, 0.6) is 0 Å². The third-order valence-electron chi connectivity index (χ3n) is 5.04. The normalized spacial score (nSPS) is 30.4. The summed E-state index contributed by atoms with van der Waals surface area (Å²) in [5.74, 6) is -0.774. The second-order valence-electron chi connectivity index (χ2n) is 7.03. The summed E-state index contributed by atoms with van der Waals surface area (Å²) in [4.78, 5) is 0.0997. The summed E-state index contributed by atoms with van der Waals surface area (Å²) < 4.78 is 73.5. The van der Waals surface area contributed by atoms with Crippen LogP contribution in [0.2, 0.25) is 0 Å². The average Bonchev–Trinajstić information content (AvgIpc) is 3.06. The Bertz CT molecular complexity index is 981. The molecule has 2 fully saturated rings. The molecule has 3 atom stereocenters. The van der Waals surface area contributed by atoms with E-state index in [0.717, 1.165) is 12.0 Å². The summed E-state index contributed by atoms with van der Waals surface area (Å²) in [7, 11) is -10.5. The van der Waals surface area contributed by atoms with Crippen LogP contribution in [-0.4, -0.2) is 65.6 Å². The van der Waals surface area contributed by atoms with Crippen LogP contribution in [0, 0.1) is 0 Å². The van der Waals surface area contributed by atoms with E-state index < -0.39 is 52.6 Å². The summed E-state index contributed by atoms with van der Waals surface area (Å²) >= 11 is 0. The van der Waals surface area contributed by atoms with Gasteiger partial charge in [-0.05, 0) is 30.5 Å². The van der Waals surface area contributed by atoms with Crippen LogP contribution in [0.3, 0.4) is 0 Å². The molecule has 1 aromatic carbocycles. The van der Waals surface area contributed by atoms with Crippen LogP contribution < -0.4 is 5.32 Å². The van der Waals surface area contributed by atoms with Crippen molar-refractivity contribution < 1.29 is 25.3 Å². The van der Waals surface area contributed by atoms with Gasteiger partial charge >= 0.3 is 0 Å². The minimum atomic E-state index is -3.85. The Labute approximate surface area is 154 Å². The Morgan fingerprint density at radius 2 is 1.65 bits per heavy atom. The second-order valence-corrected chi connectivity index (χ2v) is 13.6. The van der Waals surface area contributed by atoms with E-state index in [-0.39, 0.29) is 22.2 Å². The highest BCUT2D eigenvalue weighted by atomic mass is 32.2. The predicted molar refractivity (Wildman–Crippen MR) is 99.4 cm³/mol. The fraction of sp³-hybridized carbons (Fsp3) is 0.625. The van der Waals surface area contributed by atoms with Gasteiger partial charge in [0.25, 0.3) is 0 Å². The summed E-state index contributed by atoms with van der Waals surface area (Å²) in [6, 6.07) is 5.27. The number of benzene rings is 1. The van der Waals surface area contributed by atoms with Crippen LogP contribution in [-0.2, 0) is 35.9 Å². The van der Waals surface area contributed by atoms with Gasteiger partial charge in [-0.3, -0.25) is 0 Å². The second kappa shape index (κ2) is 6.88. The molecule has 10 heteroatoms. The van der Waals surface area contributed by atoms with E-state index in [0.29, 0.717) is 6.42 Å². The van der Waals surface area contributed by atoms with Crippen molar-refractivity contribution in [3.63, 3.8) is 0 Å². The molecule has 0 amide bonds. The number of nitrogens with one attached hydrogen (secondary N) is 1. The molecule has 2 aliphatic rings. The van der Waals surface area contributed by atoms with Crippen molar-refractivity contribution in [2.24, 2.45) is 0 Å². The van der Waals surface area contributed by atoms with Gasteiger partial charge in [0, 0.05) is 12.1 Å². The van der Waals surface area contributed by atoms with Crippen LogP contribution in [0.1, 0.15) is 18.9 Å². The first-order valence-electron chi connectivity index (χ1n) is 8.52. The van der Waals surface area contributed by atoms with E-state index in [1.807, 2.05) is 6.92 Å². The van der Waals surface area contributed by atoms with Crippen LogP contribution in [0.25, 0.3) is 0 Å². The number of hydrogen-bond donors (Lipinski definition) is 1. The number of hydrogen-bond acceptors (Lipinski definition) is 7. The largest absolute Gasteiger partial charge is 0.308 e. The maximum atomic E-state index is 13.0. The Morgan fingerprint density at radius 1 is 1.00 bits per heavy atom. The van der Waals surface area contributed by atoms with Crippen molar-refractivity contribution in [3.8, 4) is 0 Å². The van der Waals surface area contributed by atoms with Crippen molar-refractivity contribution in [1.82, 2.24) is 5.32 Å². The smallest absolute Gasteiger partial charge is 0.183 e. The first-order chi connectivity index (χ1) is 12.0. The Balaban J connectivity index is 1.87. The highest BCUT2D eigenvalue weighted by molar-refractivity contribution is 7.96. The molecule has 3 rings (SSSR count). The number of aryl methyl sites for hydroxylation is 1. The Kier molecular flexibility index (Phi) is 5.24. The van der Waals surface area contributed by atoms with Crippen molar-refractivity contribution in [3.05, 3.63) is 29.8 Å². The molecule has 26 heavy (non-hydrogen) atoms. The molecule has 146 valence electrons. The molecular weight excluding hydrogens is 398 g/mol. The molecule has 1 unspecified atom stereocenters. The van der Waals surface area contributed by atoms with Gasteiger partial charge in [0.05, 0.1) is 33.2 Å². The molecular formula is C16H23NO6S3. The van der Waals surface area contributed by atoms with Crippen LogP contribution >= 0.6 is 0 Å². The zero-order chi connectivity index (χ0) is 19.2. The lowest BCUT2D eigenvalue weighted by Gasteiger charge is -2.23. The van der Waals surface area contributed by atoms with Crippen LogP contribution in [0.4, 0.5) is 0 Å². The third-order valence-corrected chi connectivity index (χ3v) is 11.0.